The zero-order valence-electron chi connectivity index (χ0n) is 16.3. The normalized spacial score (nSPS) is 33.5. The second-order valence-electron chi connectivity index (χ2n) is 7.80. The highest BCUT2D eigenvalue weighted by atomic mass is 16.7. The zero-order valence-corrected chi connectivity index (χ0v) is 16.3. The van der Waals surface area contributed by atoms with Crippen LogP contribution in [0, 0.1) is 5.92 Å². The molecule has 1 aromatic carbocycles. The zero-order chi connectivity index (χ0) is 19.9. The summed E-state index contributed by atoms with van der Waals surface area (Å²) in [5, 5.41) is 9.79. The lowest BCUT2D eigenvalue weighted by Crippen LogP contribution is -2.58. The van der Waals surface area contributed by atoms with Crippen molar-refractivity contribution in [3.05, 3.63) is 47.5 Å². The van der Waals surface area contributed by atoms with Crippen molar-refractivity contribution < 1.29 is 28.8 Å². The van der Waals surface area contributed by atoms with Crippen molar-refractivity contribution in [1.29, 1.82) is 0 Å². The van der Waals surface area contributed by atoms with E-state index in [1.807, 2.05) is 44.2 Å². The molecule has 0 radical (unpaired) electrons. The molecule has 0 spiro atoms. The second kappa shape index (κ2) is 6.99. The van der Waals surface area contributed by atoms with Gasteiger partial charge in [-0.1, -0.05) is 18.2 Å². The number of benzene rings is 1. The smallest absolute Gasteiger partial charge is 0.338 e. The number of aliphatic hydroxyl groups is 1. The maximum Gasteiger partial charge on any atom is 0.338 e. The molecule has 4 atom stereocenters. The minimum Gasteiger partial charge on any atom is -0.467 e. The van der Waals surface area contributed by atoms with Crippen LogP contribution < -0.4 is 0 Å². The number of hydrogen-bond acceptors (Lipinski definition) is 7. The minimum atomic E-state index is -1.28. The summed E-state index contributed by atoms with van der Waals surface area (Å²) in [6.07, 6.45) is 1.17. The Labute approximate surface area is 164 Å². The number of aliphatic imine (C=N–C) groups is 1. The van der Waals surface area contributed by atoms with Crippen molar-refractivity contribution in [2.45, 2.75) is 43.8 Å². The minimum absolute atomic E-state index is 0.120. The van der Waals surface area contributed by atoms with E-state index in [2.05, 4.69) is 0 Å². The fourth-order valence-electron chi connectivity index (χ4n) is 4.28. The predicted molar refractivity (Wildman–Crippen MR) is 101 cm³/mol. The number of aliphatic hydroxyl groups excluding tert-OH is 1. The molecule has 150 valence electrons. The Balaban J connectivity index is 1.81. The molecular formula is C21H25NO6. The molecule has 0 saturated carbocycles. The molecule has 0 amide bonds. The van der Waals surface area contributed by atoms with Gasteiger partial charge in [-0.05, 0) is 44.1 Å². The van der Waals surface area contributed by atoms with Gasteiger partial charge in [-0.2, -0.15) is 0 Å². The molecule has 7 heteroatoms. The van der Waals surface area contributed by atoms with Crippen LogP contribution in [0.1, 0.15) is 25.8 Å². The summed E-state index contributed by atoms with van der Waals surface area (Å²) in [6, 6.07) is 9.44. The van der Waals surface area contributed by atoms with Crippen molar-refractivity contribution in [3.8, 4) is 0 Å². The fourth-order valence-corrected chi connectivity index (χ4v) is 4.28. The van der Waals surface area contributed by atoms with Gasteiger partial charge in [0.25, 0.3) is 0 Å². The SMILES string of the molecule is COC(=O)[C@]12N=C(c3ccccc3)O[C@H]1C=C(CO)C[C@H]2[C@H]1COC(C)(C)O1. The summed E-state index contributed by atoms with van der Waals surface area (Å²) in [6.45, 7) is 3.89. The van der Waals surface area contributed by atoms with Crippen LogP contribution in [0.5, 0.6) is 0 Å². The lowest BCUT2D eigenvalue weighted by Gasteiger charge is -2.41. The first-order chi connectivity index (χ1) is 13.4. The van der Waals surface area contributed by atoms with Crippen molar-refractivity contribution in [2.75, 3.05) is 20.3 Å². The standard InChI is InChI=1S/C21H25NO6/c1-20(2)26-12-16(28-20)15-9-13(11-23)10-17-21(15,19(24)25-3)22-18(27-17)14-7-5-4-6-8-14/h4-8,10,15-17,23H,9,11-12H2,1-3H3/t15-,16+,17-,21+/m0/s1. The van der Waals surface area contributed by atoms with Crippen molar-refractivity contribution in [2.24, 2.45) is 10.9 Å². The van der Waals surface area contributed by atoms with E-state index in [1.54, 1.807) is 6.08 Å². The van der Waals surface area contributed by atoms with Gasteiger partial charge in [0.1, 0.15) is 0 Å². The lowest BCUT2D eigenvalue weighted by molar-refractivity contribution is -0.164. The molecule has 0 bridgehead atoms. The first-order valence-corrected chi connectivity index (χ1v) is 9.42. The molecule has 2 aliphatic heterocycles. The maximum absolute atomic E-state index is 13.1. The van der Waals surface area contributed by atoms with Gasteiger partial charge in [-0.3, -0.25) is 0 Å². The van der Waals surface area contributed by atoms with Gasteiger partial charge in [0.15, 0.2) is 11.9 Å². The number of nitrogens with zero attached hydrogens (tertiary/aromatic N) is 1. The Morgan fingerprint density at radius 2 is 2.07 bits per heavy atom. The monoisotopic (exact) mass is 387 g/mol. The molecule has 1 saturated heterocycles. The number of esters is 1. The molecular weight excluding hydrogens is 362 g/mol. The molecule has 28 heavy (non-hydrogen) atoms. The number of methoxy groups -OCH3 is 1. The van der Waals surface area contributed by atoms with Crippen LogP contribution in [0.25, 0.3) is 0 Å². The van der Waals surface area contributed by atoms with Crippen LogP contribution in [0.3, 0.4) is 0 Å². The number of hydrogen-bond donors (Lipinski definition) is 1. The van der Waals surface area contributed by atoms with Crippen molar-refractivity contribution >= 4 is 11.9 Å². The topological polar surface area (TPSA) is 86.6 Å². The quantitative estimate of drug-likeness (QED) is 0.627. The van der Waals surface area contributed by atoms with Gasteiger partial charge < -0.3 is 24.1 Å². The van der Waals surface area contributed by atoms with Gasteiger partial charge in [0.05, 0.1) is 26.4 Å². The summed E-state index contributed by atoms with van der Waals surface area (Å²) >= 11 is 0. The van der Waals surface area contributed by atoms with Crippen LogP contribution in [0.4, 0.5) is 0 Å². The number of fused-ring (bicyclic) bond motifs is 1. The fraction of sp³-hybridized carbons (Fsp3) is 0.524. The largest absolute Gasteiger partial charge is 0.467 e. The van der Waals surface area contributed by atoms with E-state index < -0.39 is 23.4 Å². The van der Waals surface area contributed by atoms with Crippen LogP contribution in [-0.4, -0.2) is 60.8 Å². The van der Waals surface area contributed by atoms with E-state index >= 15 is 0 Å². The summed E-state index contributed by atoms with van der Waals surface area (Å²) in [5.41, 5.74) is 0.279. The van der Waals surface area contributed by atoms with E-state index in [1.165, 1.54) is 7.11 Å². The Morgan fingerprint density at radius 1 is 1.32 bits per heavy atom. The average Bonchev–Trinajstić information content (AvgIpc) is 3.27. The van der Waals surface area contributed by atoms with Crippen LogP contribution in [0.15, 0.2) is 47.0 Å². The Bertz CT molecular complexity index is 817. The predicted octanol–water partition coefficient (Wildman–Crippen LogP) is 1.83. The molecule has 7 nitrogen and oxygen atoms in total. The van der Waals surface area contributed by atoms with Crippen LogP contribution in [-0.2, 0) is 23.7 Å². The highest BCUT2D eigenvalue weighted by Gasteiger charge is 2.63. The molecule has 1 aromatic rings. The lowest BCUT2D eigenvalue weighted by atomic mass is 9.69. The van der Waals surface area contributed by atoms with Gasteiger partial charge in [-0.15, -0.1) is 0 Å². The van der Waals surface area contributed by atoms with E-state index in [0.717, 1.165) is 11.1 Å². The van der Waals surface area contributed by atoms with E-state index in [4.69, 9.17) is 23.9 Å². The first-order valence-electron chi connectivity index (χ1n) is 9.42. The molecule has 4 rings (SSSR count). The third-order valence-electron chi connectivity index (χ3n) is 5.61. The molecule has 1 N–H and O–H groups in total. The second-order valence-corrected chi connectivity index (χ2v) is 7.80. The molecule has 1 fully saturated rings. The van der Waals surface area contributed by atoms with Gasteiger partial charge in [-0.25, -0.2) is 9.79 Å². The highest BCUT2D eigenvalue weighted by molar-refractivity contribution is 6.00. The molecule has 0 unspecified atom stereocenters. The summed E-state index contributed by atoms with van der Waals surface area (Å²) in [7, 11) is 1.35. The average molecular weight is 387 g/mol. The summed E-state index contributed by atoms with van der Waals surface area (Å²) < 4.78 is 23.1. The summed E-state index contributed by atoms with van der Waals surface area (Å²) in [5.74, 6) is -1.23. The number of carbonyl (C=O) groups is 1. The Morgan fingerprint density at radius 3 is 2.68 bits per heavy atom. The Kier molecular flexibility index (Phi) is 4.77. The van der Waals surface area contributed by atoms with Crippen molar-refractivity contribution in [1.82, 2.24) is 0 Å². The number of rotatable bonds is 4. The van der Waals surface area contributed by atoms with Crippen LogP contribution >= 0.6 is 0 Å². The molecule has 1 aliphatic carbocycles. The maximum atomic E-state index is 13.1. The first kappa shape index (κ1) is 19.1. The van der Waals surface area contributed by atoms with Crippen molar-refractivity contribution in [3.63, 3.8) is 0 Å². The number of carbonyl (C=O) groups excluding carboxylic acids is 1. The highest BCUT2D eigenvalue weighted by Crippen LogP contribution is 2.47. The number of ether oxygens (including phenoxy) is 4. The third kappa shape index (κ3) is 3.03. The van der Waals surface area contributed by atoms with Gasteiger partial charge in [0.2, 0.25) is 11.4 Å². The molecule has 3 aliphatic rings. The third-order valence-corrected chi connectivity index (χ3v) is 5.61. The molecule has 0 aromatic heterocycles. The summed E-state index contributed by atoms with van der Waals surface area (Å²) in [4.78, 5) is 17.9. The van der Waals surface area contributed by atoms with E-state index in [0.29, 0.717) is 18.9 Å². The van der Waals surface area contributed by atoms with E-state index in [9.17, 15) is 9.90 Å². The van der Waals surface area contributed by atoms with Gasteiger partial charge >= 0.3 is 5.97 Å². The van der Waals surface area contributed by atoms with Crippen LogP contribution in [0.2, 0.25) is 0 Å². The van der Waals surface area contributed by atoms with Gasteiger partial charge in [0, 0.05) is 11.5 Å². The van der Waals surface area contributed by atoms with E-state index in [-0.39, 0.29) is 18.6 Å². The Hall–Kier alpha value is -2.22. The molecule has 2 heterocycles.